The molecule has 0 spiro atoms. The minimum atomic E-state index is -0.140. The predicted molar refractivity (Wildman–Crippen MR) is 116 cm³/mol. The number of rotatable bonds is 7. The van der Waals surface area contributed by atoms with Gasteiger partial charge in [-0.3, -0.25) is 4.79 Å². The number of carbonyl (C=O) groups excluding carboxylic acids is 1. The standard InChI is InChI=1S/C23H23ClN2O2/c1-16(2)19-10-6-7-11-20(19)26-23(27)15-25-21-14-17(24)12-13-22(21)28-18-8-4-3-5-9-18/h3-14,16,25H,15H2,1-2H3,(H,26,27). The molecule has 1 amide bonds. The fourth-order valence-corrected chi connectivity index (χ4v) is 3.00. The van der Waals surface area contributed by atoms with E-state index in [9.17, 15) is 4.79 Å². The van der Waals surface area contributed by atoms with Gasteiger partial charge in [0.2, 0.25) is 5.91 Å². The molecule has 0 fully saturated rings. The highest BCUT2D eigenvalue weighted by atomic mass is 35.5. The van der Waals surface area contributed by atoms with Gasteiger partial charge < -0.3 is 15.4 Å². The molecule has 3 rings (SSSR count). The van der Waals surface area contributed by atoms with E-state index in [1.54, 1.807) is 18.2 Å². The van der Waals surface area contributed by atoms with Crippen LogP contribution in [-0.4, -0.2) is 12.5 Å². The van der Waals surface area contributed by atoms with Crippen molar-refractivity contribution in [2.24, 2.45) is 0 Å². The molecule has 0 aliphatic heterocycles. The lowest BCUT2D eigenvalue weighted by atomic mass is 10.0. The van der Waals surface area contributed by atoms with Gasteiger partial charge in [-0.25, -0.2) is 0 Å². The van der Waals surface area contributed by atoms with Crippen molar-refractivity contribution in [1.29, 1.82) is 0 Å². The molecule has 0 aromatic heterocycles. The summed E-state index contributed by atoms with van der Waals surface area (Å²) in [5.74, 6) is 1.50. The Morgan fingerprint density at radius 1 is 0.964 bits per heavy atom. The molecule has 3 aromatic carbocycles. The van der Waals surface area contributed by atoms with E-state index in [1.807, 2.05) is 54.6 Å². The molecule has 0 heterocycles. The van der Waals surface area contributed by atoms with Crippen LogP contribution in [0.25, 0.3) is 0 Å². The molecule has 0 saturated heterocycles. The number of carbonyl (C=O) groups is 1. The fraction of sp³-hybridized carbons (Fsp3) is 0.174. The van der Waals surface area contributed by atoms with Crippen LogP contribution in [-0.2, 0) is 4.79 Å². The average Bonchev–Trinajstić information content (AvgIpc) is 2.69. The first-order chi connectivity index (χ1) is 13.5. The van der Waals surface area contributed by atoms with Crippen molar-refractivity contribution in [3.63, 3.8) is 0 Å². The second-order valence-corrected chi connectivity index (χ2v) is 7.14. The maximum Gasteiger partial charge on any atom is 0.243 e. The zero-order chi connectivity index (χ0) is 19.9. The first kappa shape index (κ1) is 19.8. The van der Waals surface area contributed by atoms with Crippen molar-refractivity contribution in [2.75, 3.05) is 17.2 Å². The third kappa shape index (κ3) is 5.27. The Kier molecular flexibility index (Phi) is 6.56. The molecular weight excluding hydrogens is 372 g/mol. The third-order valence-corrected chi connectivity index (χ3v) is 4.44. The second-order valence-electron chi connectivity index (χ2n) is 6.70. The topological polar surface area (TPSA) is 50.4 Å². The maximum atomic E-state index is 12.5. The van der Waals surface area contributed by atoms with E-state index in [2.05, 4.69) is 24.5 Å². The summed E-state index contributed by atoms with van der Waals surface area (Å²) in [4.78, 5) is 12.5. The van der Waals surface area contributed by atoms with Crippen molar-refractivity contribution < 1.29 is 9.53 Å². The van der Waals surface area contributed by atoms with E-state index in [1.165, 1.54) is 0 Å². The number of hydrogen-bond acceptors (Lipinski definition) is 3. The molecule has 2 N–H and O–H groups in total. The van der Waals surface area contributed by atoms with Gasteiger partial charge in [-0.15, -0.1) is 0 Å². The van der Waals surface area contributed by atoms with Crippen LogP contribution < -0.4 is 15.4 Å². The molecule has 0 aliphatic rings. The monoisotopic (exact) mass is 394 g/mol. The number of ether oxygens (including phenoxy) is 1. The molecule has 5 heteroatoms. The summed E-state index contributed by atoms with van der Waals surface area (Å²) in [6, 6.07) is 22.6. The van der Waals surface area contributed by atoms with Gasteiger partial charge in [0.25, 0.3) is 0 Å². The highest BCUT2D eigenvalue weighted by Gasteiger charge is 2.11. The lowest BCUT2D eigenvalue weighted by Gasteiger charge is -2.15. The molecule has 0 saturated carbocycles. The van der Waals surface area contributed by atoms with Gasteiger partial charge in [0.15, 0.2) is 5.75 Å². The highest BCUT2D eigenvalue weighted by Crippen LogP contribution is 2.32. The SMILES string of the molecule is CC(C)c1ccccc1NC(=O)CNc1cc(Cl)ccc1Oc1ccccc1. The average molecular weight is 395 g/mol. The molecule has 0 radical (unpaired) electrons. The minimum Gasteiger partial charge on any atom is -0.455 e. The normalized spacial score (nSPS) is 10.6. The lowest BCUT2D eigenvalue weighted by molar-refractivity contribution is -0.114. The van der Waals surface area contributed by atoms with Crippen molar-refractivity contribution >= 4 is 28.9 Å². The summed E-state index contributed by atoms with van der Waals surface area (Å²) >= 11 is 6.12. The minimum absolute atomic E-state index is 0.0952. The summed E-state index contributed by atoms with van der Waals surface area (Å²) in [5, 5.41) is 6.66. The lowest BCUT2D eigenvalue weighted by Crippen LogP contribution is -2.22. The zero-order valence-electron chi connectivity index (χ0n) is 15.9. The van der Waals surface area contributed by atoms with Crippen LogP contribution in [0.1, 0.15) is 25.3 Å². The zero-order valence-corrected chi connectivity index (χ0v) is 16.7. The Morgan fingerprint density at radius 2 is 1.68 bits per heavy atom. The molecule has 144 valence electrons. The van der Waals surface area contributed by atoms with Crippen LogP contribution in [0.5, 0.6) is 11.5 Å². The summed E-state index contributed by atoms with van der Waals surface area (Å²) in [5.41, 5.74) is 2.59. The molecule has 28 heavy (non-hydrogen) atoms. The third-order valence-electron chi connectivity index (χ3n) is 4.21. The van der Waals surface area contributed by atoms with Crippen LogP contribution in [0.4, 0.5) is 11.4 Å². The van der Waals surface area contributed by atoms with Crippen LogP contribution in [0, 0.1) is 0 Å². The fourth-order valence-electron chi connectivity index (χ4n) is 2.83. The second kappa shape index (κ2) is 9.29. The molecule has 0 unspecified atom stereocenters. The van der Waals surface area contributed by atoms with Crippen LogP contribution in [0.2, 0.25) is 5.02 Å². The predicted octanol–water partition coefficient (Wildman–Crippen LogP) is 6.31. The van der Waals surface area contributed by atoms with Gasteiger partial charge in [0.1, 0.15) is 5.75 Å². The maximum absolute atomic E-state index is 12.5. The summed E-state index contributed by atoms with van der Waals surface area (Å²) in [6.45, 7) is 4.29. The summed E-state index contributed by atoms with van der Waals surface area (Å²) in [6.07, 6.45) is 0. The van der Waals surface area contributed by atoms with Gasteiger partial charge in [-0.1, -0.05) is 61.8 Å². The van der Waals surface area contributed by atoms with Crippen molar-refractivity contribution in [3.05, 3.63) is 83.4 Å². The van der Waals surface area contributed by atoms with Gasteiger partial charge in [-0.05, 0) is 47.9 Å². The number of hydrogen-bond donors (Lipinski definition) is 2. The number of benzene rings is 3. The summed E-state index contributed by atoms with van der Waals surface area (Å²) < 4.78 is 5.91. The number of anilines is 2. The van der Waals surface area contributed by atoms with E-state index in [-0.39, 0.29) is 12.5 Å². The van der Waals surface area contributed by atoms with E-state index in [0.29, 0.717) is 28.1 Å². The van der Waals surface area contributed by atoms with Crippen LogP contribution in [0.15, 0.2) is 72.8 Å². The van der Waals surface area contributed by atoms with Gasteiger partial charge in [0.05, 0.1) is 12.2 Å². The first-order valence-electron chi connectivity index (χ1n) is 9.18. The number of amides is 1. The molecule has 0 aliphatic carbocycles. The van der Waals surface area contributed by atoms with Crippen LogP contribution in [0.3, 0.4) is 0 Å². The van der Waals surface area contributed by atoms with E-state index >= 15 is 0 Å². The number of halogens is 1. The molecule has 3 aromatic rings. The Balaban J connectivity index is 1.69. The van der Waals surface area contributed by atoms with Gasteiger partial charge in [0, 0.05) is 10.7 Å². The van der Waals surface area contributed by atoms with E-state index in [4.69, 9.17) is 16.3 Å². The van der Waals surface area contributed by atoms with Gasteiger partial charge >= 0.3 is 0 Å². The smallest absolute Gasteiger partial charge is 0.243 e. The number of nitrogens with one attached hydrogen (secondary N) is 2. The Hall–Kier alpha value is -2.98. The largest absolute Gasteiger partial charge is 0.455 e. The van der Waals surface area contributed by atoms with Crippen molar-refractivity contribution in [2.45, 2.75) is 19.8 Å². The van der Waals surface area contributed by atoms with E-state index < -0.39 is 0 Å². The molecular formula is C23H23ClN2O2. The molecule has 0 atom stereocenters. The van der Waals surface area contributed by atoms with Crippen LogP contribution >= 0.6 is 11.6 Å². The van der Waals surface area contributed by atoms with Crippen molar-refractivity contribution in [3.8, 4) is 11.5 Å². The molecule has 0 bridgehead atoms. The summed E-state index contributed by atoms with van der Waals surface area (Å²) in [7, 11) is 0. The number of para-hydroxylation sites is 2. The Morgan fingerprint density at radius 3 is 2.43 bits per heavy atom. The van der Waals surface area contributed by atoms with E-state index in [0.717, 1.165) is 11.3 Å². The van der Waals surface area contributed by atoms with Crippen molar-refractivity contribution in [1.82, 2.24) is 0 Å². The van der Waals surface area contributed by atoms with Gasteiger partial charge in [-0.2, -0.15) is 0 Å². The highest BCUT2D eigenvalue weighted by molar-refractivity contribution is 6.31. The Labute approximate surface area is 170 Å². The molecule has 4 nitrogen and oxygen atoms in total. The first-order valence-corrected chi connectivity index (χ1v) is 9.56. The Bertz CT molecular complexity index is 942. The quantitative estimate of drug-likeness (QED) is 0.494.